The summed E-state index contributed by atoms with van der Waals surface area (Å²) in [6, 6.07) is 6.36. The van der Waals surface area contributed by atoms with Crippen LogP contribution in [-0.4, -0.2) is 51.7 Å². The van der Waals surface area contributed by atoms with Crippen molar-refractivity contribution in [2.45, 2.75) is 29.7 Å². The molecule has 1 aromatic rings. The largest absolute Gasteiger partial charge is 0.379 e. The van der Waals surface area contributed by atoms with Crippen molar-refractivity contribution in [3.05, 3.63) is 29.3 Å². The Morgan fingerprint density at radius 3 is 2.59 bits per heavy atom. The highest BCUT2D eigenvalue weighted by Gasteiger charge is 2.43. The van der Waals surface area contributed by atoms with Gasteiger partial charge >= 0.3 is 0 Å². The van der Waals surface area contributed by atoms with Gasteiger partial charge in [0.05, 0.1) is 18.1 Å². The summed E-state index contributed by atoms with van der Waals surface area (Å²) >= 11 is 5.89. The molecule has 1 saturated heterocycles. The Balaban J connectivity index is 1.70. The van der Waals surface area contributed by atoms with E-state index in [0.29, 0.717) is 11.6 Å². The predicted octanol–water partition coefficient (Wildman–Crippen LogP) is 1.87. The molecule has 0 radical (unpaired) electrons. The van der Waals surface area contributed by atoms with Gasteiger partial charge in [-0.05, 0) is 37.5 Å². The van der Waals surface area contributed by atoms with Crippen LogP contribution in [0, 0.1) is 0 Å². The lowest BCUT2D eigenvalue weighted by molar-refractivity contribution is -0.0527. The van der Waals surface area contributed by atoms with Gasteiger partial charge in [-0.25, -0.2) is 13.1 Å². The molecule has 1 aromatic carbocycles. The Kier molecular flexibility index (Phi) is 4.75. The number of nitrogens with one attached hydrogen (secondary N) is 1. The van der Waals surface area contributed by atoms with Gasteiger partial charge in [0.1, 0.15) is 0 Å². The molecule has 1 N–H and O–H groups in total. The van der Waals surface area contributed by atoms with Gasteiger partial charge in [-0.2, -0.15) is 0 Å². The standard InChI is InChI=1S/C15H21ClN2O3S/c16-13-3-1-4-14(11-13)22(19,20)17-12-15(5-2-6-15)18-7-9-21-10-8-18/h1,3-4,11,17H,2,5-10,12H2. The van der Waals surface area contributed by atoms with E-state index in [4.69, 9.17) is 16.3 Å². The van der Waals surface area contributed by atoms with E-state index in [1.54, 1.807) is 18.2 Å². The fraction of sp³-hybridized carbons (Fsp3) is 0.600. The van der Waals surface area contributed by atoms with Gasteiger partial charge in [-0.1, -0.05) is 17.7 Å². The number of hydrogen-bond donors (Lipinski definition) is 1. The highest BCUT2D eigenvalue weighted by atomic mass is 35.5. The average molecular weight is 345 g/mol. The molecule has 1 saturated carbocycles. The van der Waals surface area contributed by atoms with Crippen LogP contribution >= 0.6 is 11.6 Å². The van der Waals surface area contributed by atoms with Crippen molar-refractivity contribution in [1.82, 2.24) is 9.62 Å². The van der Waals surface area contributed by atoms with E-state index in [0.717, 1.165) is 45.6 Å². The molecule has 22 heavy (non-hydrogen) atoms. The average Bonchev–Trinajstić information content (AvgIpc) is 2.47. The Bertz CT molecular complexity index is 625. The Morgan fingerprint density at radius 1 is 1.27 bits per heavy atom. The van der Waals surface area contributed by atoms with Crippen LogP contribution in [0.1, 0.15) is 19.3 Å². The van der Waals surface area contributed by atoms with Crippen LogP contribution in [0.4, 0.5) is 0 Å². The molecular formula is C15H21ClN2O3S. The third-order valence-electron chi connectivity index (χ3n) is 4.66. The molecule has 1 aliphatic carbocycles. The summed E-state index contributed by atoms with van der Waals surface area (Å²) in [6.45, 7) is 3.64. The van der Waals surface area contributed by atoms with E-state index < -0.39 is 10.0 Å². The zero-order chi connectivity index (χ0) is 15.6. The molecule has 0 atom stereocenters. The van der Waals surface area contributed by atoms with Crippen molar-refractivity contribution in [2.24, 2.45) is 0 Å². The molecule has 0 amide bonds. The third kappa shape index (κ3) is 3.31. The first-order valence-corrected chi connectivity index (χ1v) is 9.46. The molecule has 2 fully saturated rings. The first-order chi connectivity index (χ1) is 10.5. The summed E-state index contributed by atoms with van der Waals surface area (Å²) in [5.74, 6) is 0. The summed E-state index contributed by atoms with van der Waals surface area (Å²) in [5.41, 5.74) is -0.0462. The van der Waals surface area contributed by atoms with E-state index in [1.807, 2.05) is 0 Å². The van der Waals surface area contributed by atoms with E-state index >= 15 is 0 Å². The Morgan fingerprint density at radius 2 is 2.00 bits per heavy atom. The third-order valence-corrected chi connectivity index (χ3v) is 6.30. The number of nitrogens with zero attached hydrogens (tertiary/aromatic N) is 1. The minimum atomic E-state index is -3.52. The van der Waals surface area contributed by atoms with E-state index in [1.165, 1.54) is 6.07 Å². The zero-order valence-corrected chi connectivity index (χ0v) is 14.0. The van der Waals surface area contributed by atoms with E-state index in [-0.39, 0.29) is 10.4 Å². The van der Waals surface area contributed by atoms with Crippen LogP contribution in [-0.2, 0) is 14.8 Å². The summed E-state index contributed by atoms with van der Waals surface area (Å²) < 4.78 is 33.1. The molecule has 1 aliphatic heterocycles. The van der Waals surface area contributed by atoms with Gasteiger partial charge in [-0.3, -0.25) is 4.90 Å². The molecule has 0 unspecified atom stereocenters. The summed E-state index contributed by atoms with van der Waals surface area (Å²) in [4.78, 5) is 2.59. The van der Waals surface area contributed by atoms with Gasteiger partial charge in [0.2, 0.25) is 10.0 Å². The molecule has 7 heteroatoms. The lowest BCUT2D eigenvalue weighted by atomic mass is 9.75. The summed E-state index contributed by atoms with van der Waals surface area (Å²) in [5, 5.41) is 0.425. The zero-order valence-electron chi connectivity index (χ0n) is 12.4. The van der Waals surface area contributed by atoms with Crippen LogP contribution in [0.5, 0.6) is 0 Å². The fourth-order valence-electron chi connectivity index (χ4n) is 3.17. The quantitative estimate of drug-likeness (QED) is 0.886. The maximum absolute atomic E-state index is 12.4. The molecule has 0 aromatic heterocycles. The molecule has 1 heterocycles. The number of halogens is 1. The van der Waals surface area contributed by atoms with Gasteiger partial charge in [0, 0.05) is 30.2 Å². The van der Waals surface area contributed by atoms with Crippen molar-refractivity contribution >= 4 is 21.6 Å². The topological polar surface area (TPSA) is 58.6 Å². The number of ether oxygens (including phenoxy) is 1. The van der Waals surface area contributed by atoms with Crippen LogP contribution < -0.4 is 4.72 Å². The summed E-state index contributed by atoms with van der Waals surface area (Å²) in [7, 11) is -3.52. The van der Waals surface area contributed by atoms with Crippen LogP contribution in [0.3, 0.4) is 0 Å². The maximum atomic E-state index is 12.4. The highest BCUT2D eigenvalue weighted by molar-refractivity contribution is 7.89. The van der Waals surface area contributed by atoms with Gasteiger partial charge in [0.25, 0.3) is 0 Å². The van der Waals surface area contributed by atoms with Crippen molar-refractivity contribution in [3.8, 4) is 0 Å². The minimum absolute atomic E-state index is 0.0462. The lowest BCUT2D eigenvalue weighted by Crippen LogP contribution is -2.62. The Hall–Kier alpha value is -0.660. The van der Waals surface area contributed by atoms with Crippen molar-refractivity contribution in [1.29, 1.82) is 0 Å². The molecule has 0 spiro atoms. The first kappa shape index (κ1) is 16.2. The van der Waals surface area contributed by atoms with Gasteiger partial charge in [-0.15, -0.1) is 0 Å². The van der Waals surface area contributed by atoms with Crippen LogP contribution in [0.25, 0.3) is 0 Å². The number of morpholine rings is 1. The number of sulfonamides is 1. The lowest BCUT2D eigenvalue weighted by Gasteiger charge is -2.51. The van der Waals surface area contributed by atoms with Crippen molar-refractivity contribution in [3.63, 3.8) is 0 Å². The van der Waals surface area contributed by atoms with Crippen LogP contribution in [0.2, 0.25) is 5.02 Å². The molecule has 5 nitrogen and oxygen atoms in total. The second kappa shape index (κ2) is 6.45. The van der Waals surface area contributed by atoms with E-state index in [9.17, 15) is 8.42 Å². The second-order valence-electron chi connectivity index (χ2n) is 5.96. The minimum Gasteiger partial charge on any atom is -0.379 e. The fourth-order valence-corrected chi connectivity index (χ4v) is 4.59. The molecule has 3 rings (SSSR count). The highest BCUT2D eigenvalue weighted by Crippen LogP contribution is 2.38. The van der Waals surface area contributed by atoms with Crippen LogP contribution in [0.15, 0.2) is 29.2 Å². The van der Waals surface area contributed by atoms with E-state index in [2.05, 4.69) is 9.62 Å². The van der Waals surface area contributed by atoms with Gasteiger partial charge in [0.15, 0.2) is 0 Å². The number of hydrogen-bond acceptors (Lipinski definition) is 4. The summed E-state index contributed by atoms with van der Waals surface area (Å²) in [6.07, 6.45) is 3.21. The normalized spacial score (nSPS) is 22.2. The second-order valence-corrected chi connectivity index (χ2v) is 8.16. The van der Waals surface area contributed by atoms with Crippen molar-refractivity contribution < 1.29 is 13.2 Å². The number of benzene rings is 1. The van der Waals surface area contributed by atoms with Gasteiger partial charge < -0.3 is 4.74 Å². The monoisotopic (exact) mass is 344 g/mol. The van der Waals surface area contributed by atoms with Crippen molar-refractivity contribution in [2.75, 3.05) is 32.8 Å². The predicted molar refractivity (Wildman–Crippen MR) is 85.6 cm³/mol. The number of rotatable bonds is 5. The Labute approximate surface area is 136 Å². The molecular weight excluding hydrogens is 324 g/mol. The SMILES string of the molecule is O=S(=O)(NCC1(N2CCOCC2)CCC1)c1cccc(Cl)c1. The molecule has 122 valence electrons. The smallest absolute Gasteiger partial charge is 0.240 e. The maximum Gasteiger partial charge on any atom is 0.240 e. The molecule has 0 bridgehead atoms. The molecule has 2 aliphatic rings. The first-order valence-electron chi connectivity index (χ1n) is 7.60.